The van der Waals surface area contributed by atoms with Crippen LogP contribution in [-0.2, 0) is 19.0 Å². The Bertz CT molecular complexity index is 311. The molecule has 3 atom stereocenters. The molecule has 1 unspecified atom stereocenters. The van der Waals surface area contributed by atoms with E-state index in [9.17, 15) is 4.79 Å². The van der Waals surface area contributed by atoms with E-state index in [1.54, 1.807) is 0 Å². The third-order valence-electron chi connectivity index (χ3n) is 4.07. The third-order valence-corrected chi connectivity index (χ3v) is 4.07. The molecule has 0 aromatic heterocycles. The summed E-state index contributed by atoms with van der Waals surface area (Å²) in [5.41, 5.74) is 0. The van der Waals surface area contributed by atoms with E-state index >= 15 is 0 Å². The first-order chi connectivity index (χ1) is 11.2. The maximum atomic E-state index is 12.0. The Morgan fingerprint density at radius 3 is 2.22 bits per heavy atom. The van der Waals surface area contributed by atoms with Gasteiger partial charge in [0.2, 0.25) is 5.91 Å². The van der Waals surface area contributed by atoms with Crippen molar-refractivity contribution in [2.45, 2.75) is 84.0 Å². The van der Waals surface area contributed by atoms with Crippen molar-refractivity contribution in [1.82, 2.24) is 5.32 Å². The summed E-state index contributed by atoms with van der Waals surface area (Å²) in [5, 5.41) is 3.02. The van der Waals surface area contributed by atoms with Crippen molar-refractivity contribution in [3.8, 4) is 0 Å². The molecular weight excluding hydrogens is 294 g/mol. The first-order valence-corrected chi connectivity index (χ1v) is 9.33. The smallest absolute Gasteiger partial charge is 0.223 e. The van der Waals surface area contributed by atoms with E-state index in [-0.39, 0.29) is 24.2 Å². The Labute approximate surface area is 141 Å². The molecule has 1 N–H and O–H groups in total. The molecule has 5 nitrogen and oxygen atoms in total. The molecule has 5 heteroatoms. The molecule has 0 aliphatic carbocycles. The van der Waals surface area contributed by atoms with Gasteiger partial charge in [-0.25, -0.2) is 0 Å². The Balaban J connectivity index is 2.58. The lowest BCUT2D eigenvalue weighted by Crippen LogP contribution is -2.58. The van der Waals surface area contributed by atoms with E-state index in [1.165, 1.54) is 0 Å². The lowest BCUT2D eigenvalue weighted by atomic mass is 9.97. The molecule has 0 bridgehead atoms. The van der Waals surface area contributed by atoms with Gasteiger partial charge in [-0.05, 0) is 19.3 Å². The summed E-state index contributed by atoms with van der Waals surface area (Å²) in [6, 6.07) is -0.114. The fourth-order valence-electron chi connectivity index (χ4n) is 2.62. The van der Waals surface area contributed by atoms with Crippen LogP contribution < -0.4 is 5.32 Å². The van der Waals surface area contributed by atoms with Crippen molar-refractivity contribution in [3.63, 3.8) is 0 Å². The Morgan fingerprint density at radius 1 is 0.957 bits per heavy atom. The molecule has 1 aliphatic rings. The topological polar surface area (TPSA) is 56.8 Å². The van der Waals surface area contributed by atoms with Crippen LogP contribution in [-0.4, -0.2) is 50.6 Å². The Hall–Kier alpha value is -0.650. The third kappa shape index (κ3) is 8.13. The molecule has 0 aromatic carbocycles. The summed E-state index contributed by atoms with van der Waals surface area (Å²) in [6.07, 6.45) is 6.47. The van der Waals surface area contributed by atoms with Gasteiger partial charge in [0.05, 0.1) is 25.2 Å². The molecule has 1 heterocycles. The SMILES string of the molecule is CCCCOCC1NC(=O)C[C@@H](OCCCC)[C@H]1OCCCC. The van der Waals surface area contributed by atoms with E-state index in [1.807, 2.05) is 0 Å². The summed E-state index contributed by atoms with van der Waals surface area (Å²) in [7, 11) is 0. The number of rotatable bonds is 13. The number of amides is 1. The van der Waals surface area contributed by atoms with Gasteiger partial charge in [-0.2, -0.15) is 0 Å². The second-order valence-electron chi connectivity index (χ2n) is 6.26. The van der Waals surface area contributed by atoms with Crippen molar-refractivity contribution in [3.05, 3.63) is 0 Å². The number of nitrogens with one attached hydrogen (secondary N) is 1. The number of carbonyl (C=O) groups is 1. The van der Waals surface area contributed by atoms with Crippen LogP contribution >= 0.6 is 0 Å². The van der Waals surface area contributed by atoms with Crippen LogP contribution in [0.1, 0.15) is 65.7 Å². The van der Waals surface area contributed by atoms with Crippen LogP contribution in [0.2, 0.25) is 0 Å². The Kier molecular flexibility index (Phi) is 11.3. The summed E-state index contributed by atoms with van der Waals surface area (Å²) < 4.78 is 17.7. The minimum atomic E-state index is -0.160. The first kappa shape index (κ1) is 20.4. The predicted molar refractivity (Wildman–Crippen MR) is 91.6 cm³/mol. The zero-order valence-corrected chi connectivity index (χ0v) is 15.1. The quantitative estimate of drug-likeness (QED) is 0.528. The highest BCUT2D eigenvalue weighted by atomic mass is 16.5. The number of unbranched alkanes of at least 4 members (excludes halogenated alkanes) is 3. The van der Waals surface area contributed by atoms with Gasteiger partial charge in [-0.1, -0.05) is 40.0 Å². The largest absolute Gasteiger partial charge is 0.379 e. The number of hydrogen-bond acceptors (Lipinski definition) is 4. The standard InChI is InChI=1S/C18H35NO4/c1-4-7-10-21-14-15-18(23-12-9-6-3)16(13-17(20)19-15)22-11-8-5-2/h15-16,18H,4-14H2,1-3H3,(H,19,20)/t15?,16-,18+/m1/s1. The monoisotopic (exact) mass is 329 g/mol. The van der Waals surface area contributed by atoms with Gasteiger partial charge in [0.15, 0.2) is 0 Å². The fraction of sp³-hybridized carbons (Fsp3) is 0.944. The number of piperidine rings is 1. The summed E-state index contributed by atoms with van der Waals surface area (Å²) in [6.45, 7) is 9.03. The zero-order valence-electron chi connectivity index (χ0n) is 15.1. The van der Waals surface area contributed by atoms with Crippen molar-refractivity contribution in [2.75, 3.05) is 26.4 Å². The highest BCUT2D eigenvalue weighted by molar-refractivity contribution is 5.78. The second-order valence-corrected chi connectivity index (χ2v) is 6.26. The van der Waals surface area contributed by atoms with Gasteiger partial charge in [-0.3, -0.25) is 4.79 Å². The summed E-state index contributed by atoms with van der Waals surface area (Å²) >= 11 is 0. The van der Waals surface area contributed by atoms with Gasteiger partial charge in [-0.15, -0.1) is 0 Å². The minimum Gasteiger partial charge on any atom is -0.379 e. The molecule has 0 saturated carbocycles. The van der Waals surface area contributed by atoms with Crippen molar-refractivity contribution in [1.29, 1.82) is 0 Å². The average molecular weight is 329 g/mol. The maximum Gasteiger partial charge on any atom is 0.223 e. The normalized spacial score (nSPS) is 24.7. The molecule has 1 rings (SSSR count). The van der Waals surface area contributed by atoms with Gasteiger partial charge < -0.3 is 19.5 Å². The number of ether oxygens (including phenoxy) is 3. The van der Waals surface area contributed by atoms with Crippen LogP contribution in [0.5, 0.6) is 0 Å². The molecular formula is C18H35NO4. The van der Waals surface area contributed by atoms with Gasteiger partial charge >= 0.3 is 0 Å². The van der Waals surface area contributed by atoms with E-state index in [2.05, 4.69) is 26.1 Å². The van der Waals surface area contributed by atoms with Crippen LogP contribution in [0.3, 0.4) is 0 Å². The molecule has 1 aliphatic heterocycles. The molecule has 136 valence electrons. The lowest BCUT2D eigenvalue weighted by molar-refractivity contribution is -0.148. The van der Waals surface area contributed by atoms with Gasteiger partial charge in [0, 0.05) is 19.8 Å². The van der Waals surface area contributed by atoms with Crippen molar-refractivity contribution < 1.29 is 19.0 Å². The molecule has 0 aromatic rings. The highest BCUT2D eigenvalue weighted by Crippen LogP contribution is 2.19. The molecule has 1 amide bonds. The van der Waals surface area contributed by atoms with Crippen LogP contribution in [0.15, 0.2) is 0 Å². The van der Waals surface area contributed by atoms with E-state index in [0.29, 0.717) is 26.2 Å². The van der Waals surface area contributed by atoms with E-state index in [4.69, 9.17) is 14.2 Å². The van der Waals surface area contributed by atoms with Gasteiger partial charge in [0.1, 0.15) is 6.10 Å². The molecule has 23 heavy (non-hydrogen) atoms. The van der Waals surface area contributed by atoms with Crippen LogP contribution in [0.25, 0.3) is 0 Å². The first-order valence-electron chi connectivity index (χ1n) is 9.33. The zero-order chi connectivity index (χ0) is 16.9. The number of hydrogen-bond donors (Lipinski definition) is 1. The van der Waals surface area contributed by atoms with Crippen molar-refractivity contribution >= 4 is 5.91 Å². The predicted octanol–water partition coefficient (Wildman–Crippen LogP) is 3.06. The number of carbonyl (C=O) groups excluding carboxylic acids is 1. The minimum absolute atomic E-state index is 0.0333. The van der Waals surface area contributed by atoms with Crippen LogP contribution in [0.4, 0.5) is 0 Å². The molecule has 0 spiro atoms. The lowest BCUT2D eigenvalue weighted by Gasteiger charge is -2.38. The van der Waals surface area contributed by atoms with Crippen molar-refractivity contribution in [2.24, 2.45) is 0 Å². The van der Waals surface area contributed by atoms with Gasteiger partial charge in [0.25, 0.3) is 0 Å². The van der Waals surface area contributed by atoms with Crippen LogP contribution in [0, 0.1) is 0 Å². The van der Waals surface area contributed by atoms with E-state index < -0.39 is 0 Å². The summed E-state index contributed by atoms with van der Waals surface area (Å²) in [5.74, 6) is 0.0333. The Morgan fingerprint density at radius 2 is 1.57 bits per heavy atom. The highest BCUT2D eigenvalue weighted by Gasteiger charge is 2.38. The second kappa shape index (κ2) is 12.7. The molecule has 0 radical (unpaired) electrons. The van der Waals surface area contributed by atoms with E-state index in [0.717, 1.165) is 45.1 Å². The molecule has 1 saturated heterocycles. The fourth-order valence-corrected chi connectivity index (χ4v) is 2.62. The maximum absolute atomic E-state index is 12.0. The molecule has 1 fully saturated rings. The average Bonchev–Trinajstić information content (AvgIpc) is 2.54. The summed E-state index contributed by atoms with van der Waals surface area (Å²) in [4.78, 5) is 12.0.